The Labute approximate surface area is 230 Å². The summed E-state index contributed by atoms with van der Waals surface area (Å²) < 4.78 is 8.88. The highest BCUT2D eigenvalue weighted by molar-refractivity contribution is 7.99. The molecule has 2 rings (SSSR count). The van der Waals surface area contributed by atoms with Crippen LogP contribution in [0.4, 0.5) is 17.1 Å². The van der Waals surface area contributed by atoms with E-state index in [2.05, 4.69) is 36.1 Å². The third-order valence-corrected chi connectivity index (χ3v) is 6.11. The molecule has 0 atom stereocenters. The highest BCUT2D eigenvalue weighted by Gasteiger charge is 2.22. The van der Waals surface area contributed by atoms with Crippen LogP contribution in [-0.4, -0.2) is 31.7 Å². The van der Waals surface area contributed by atoms with Gasteiger partial charge < -0.3 is 25.8 Å². The first-order valence-corrected chi connectivity index (χ1v) is 13.5. The van der Waals surface area contributed by atoms with Gasteiger partial charge in [-0.3, -0.25) is 14.6 Å². The fourth-order valence-corrected chi connectivity index (χ4v) is 3.88. The first kappa shape index (κ1) is 30.9. The molecule has 0 fully saturated rings. The Kier molecular flexibility index (Phi) is 10.1. The van der Waals surface area contributed by atoms with Crippen molar-refractivity contribution in [2.45, 2.75) is 53.9 Å². The van der Waals surface area contributed by atoms with Gasteiger partial charge in [0.2, 0.25) is 0 Å². The number of rotatable bonds is 9. The van der Waals surface area contributed by atoms with Crippen LogP contribution in [0.3, 0.4) is 0 Å². The molecule has 0 aliphatic carbocycles. The van der Waals surface area contributed by atoms with Crippen LogP contribution in [0.15, 0.2) is 42.2 Å². The van der Waals surface area contributed by atoms with Gasteiger partial charge in [0.15, 0.2) is 5.75 Å². The molecular weight excluding hydrogens is 500 g/mol. The number of carbonyl (C=O) groups excluding carboxylic acids is 2. The van der Waals surface area contributed by atoms with Crippen LogP contribution in [0.2, 0.25) is 0 Å². The van der Waals surface area contributed by atoms with Crippen LogP contribution in [0.5, 0.6) is 5.75 Å². The molecule has 0 unspecified atom stereocenters. The number of amides is 2. The predicted octanol–water partition coefficient (Wildman–Crippen LogP) is 4.89. The number of aryl methyl sites for hydroxylation is 1. The van der Waals surface area contributed by atoms with Crippen LogP contribution in [-0.2, 0) is 10.2 Å². The topological polar surface area (TPSA) is 135 Å². The lowest BCUT2D eigenvalue weighted by atomic mass is 9.86. The number of nitrogens with zero attached hydrogens (tertiary/aromatic N) is 1. The monoisotopic (exact) mass is 542 g/mol. The van der Waals surface area contributed by atoms with Gasteiger partial charge >= 0.3 is 0 Å². The van der Waals surface area contributed by atoms with E-state index in [0.717, 1.165) is 16.8 Å². The standard InChI is InChI=1S/C28H42N6O3S/c1-17-10-11-18(12-23(17)34(30)15-20(29)26(36)31-16-27(2,3)4)25(35)32-21-13-19(28(5,6)7)14-22(33-38-9)24(21)37-8/h10-15,33H,16,29-30H2,1-9H3,(H,31,36)(H,32,35)/b20-15-. The number of hydrazine groups is 1. The zero-order valence-electron chi connectivity index (χ0n) is 23.9. The molecule has 0 spiro atoms. The number of hydrogen-bond acceptors (Lipinski definition) is 8. The fraction of sp³-hybridized carbons (Fsp3) is 0.429. The van der Waals surface area contributed by atoms with Crippen molar-refractivity contribution in [1.82, 2.24) is 5.32 Å². The molecule has 0 heterocycles. The predicted molar refractivity (Wildman–Crippen MR) is 159 cm³/mol. The van der Waals surface area contributed by atoms with E-state index in [9.17, 15) is 9.59 Å². The fourth-order valence-electron chi connectivity index (χ4n) is 3.51. The summed E-state index contributed by atoms with van der Waals surface area (Å²) >= 11 is 1.44. The number of benzene rings is 2. The lowest BCUT2D eigenvalue weighted by Gasteiger charge is -2.24. The van der Waals surface area contributed by atoms with E-state index in [0.29, 0.717) is 29.2 Å². The van der Waals surface area contributed by atoms with E-state index < -0.39 is 5.91 Å². The third-order valence-electron chi connectivity index (χ3n) is 5.69. The summed E-state index contributed by atoms with van der Waals surface area (Å²) in [6.45, 7) is 14.7. The maximum Gasteiger partial charge on any atom is 0.268 e. The second-order valence-corrected chi connectivity index (χ2v) is 12.0. The van der Waals surface area contributed by atoms with Crippen LogP contribution in [0, 0.1) is 12.3 Å². The smallest absolute Gasteiger partial charge is 0.268 e. The van der Waals surface area contributed by atoms with Gasteiger partial charge in [0.25, 0.3) is 11.8 Å². The minimum atomic E-state index is -0.414. The van der Waals surface area contributed by atoms with E-state index in [-0.39, 0.29) is 22.4 Å². The summed E-state index contributed by atoms with van der Waals surface area (Å²) in [6, 6.07) is 9.11. The van der Waals surface area contributed by atoms with Gasteiger partial charge in [-0.15, -0.1) is 0 Å². The maximum absolute atomic E-state index is 13.4. The van der Waals surface area contributed by atoms with Crippen molar-refractivity contribution >= 4 is 40.8 Å². The second kappa shape index (κ2) is 12.4. The Hall–Kier alpha value is -3.37. The molecule has 0 aliphatic heterocycles. The Morgan fingerprint density at radius 1 is 1.08 bits per heavy atom. The van der Waals surface area contributed by atoms with Gasteiger partial charge in [0, 0.05) is 24.6 Å². The molecule has 9 nitrogen and oxygen atoms in total. The number of carbonyl (C=O) groups is 2. The molecule has 0 saturated carbocycles. The Morgan fingerprint density at radius 2 is 1.71 bits per heavy atom. The SMILES string of the molecule is COc1c(NSC)cc(C(C)(C)C)cc1NC(=O)c1ccc(C)c(N(N)/C=C(\N)C(=O)NCC(C)(C)C)c1. The molecule has 38 heavy (non-hydrogen) atoms. The molecule has 0 aliphatic rings. The first-order chi connectivity index (χ1) is 17.6. The molecule has 0 bridgehead atoms. The maximum atomic E-state index is 13.4. The Bertz CT molecular complexity index is 1200. The van der Waals surface area contributed by atoms with Crippen LogP contribution < -0.4 is 36.7 Å². The highest BCUT2D eigenvalue weighted by Crippen LogP contribution is 2.39. The number of anilines is 3. The average Bonchev–Trinajstić information content (AvgIpc) is 2.81. The van der Waals surface area contributed by atoms with Gasteiger partial charge in [0.05, 0.1) is 24.2 Å². The summed E-state index contributed by atoms with van der Waals surface area (Å²) in [5.41, 5.74) is 9.78. The van der Waals surface area contributed by atoms with Gasteiger partial charge in [-0.25, -0.2) is 5.84 Å². The molecule has 0 aromatic heterocycles. The molecule has 7 N–H and O–H groups in total. The zero-order chi connectivity index (χ0) is 28.8. The number of nitrogens with two attached hydrogens (primary N) is 2. The zero-order valence-corrected chi connectivity index (χ0v) is 24.7. The lowest BCUT2D eigenvalue weighted by Crippen LogP contribution is -2.37. The molecule has 2 amide bonds. The lowest BCUT2D eigenvalue weighted by molar-refractivity contribution is -0.117. The molecule has 2 aromatic carbocycles. The molecule has 10 heteroatoms. The quantitative estimate of drug-likeness (QED) is 0.131. The van der Waals surface area contributed by atoms with Crippen molar-refractivity contribution in [3.8, 4) is 5.75 Å². The van der Waals surface area contributed by atoms with Crippen molar-refractivity contribution in [3.63, 3.8) is 0 Å². The van der Waals surface area contributed by atoms with E-state index in [1.165, 1.54) is 23.2 Å². The van der Waals surface area contributed by atoms with Gasteiger partial charge in [-0.1, -0.05) is 59.6 Å². The van der Waals surface area contributed by atoms with Crippen molar-refractivity contribution < 1.29 is 14.3 Å². The van der Waals surface area contributed by atoms with E-state index >= 15 is 0 Å². The normalized spacial score (nSPS) is 12.1. The summed E-state index contributed by atoms with van der Waals surface area (Å²) in [4.78, 5) is 25.7. The molecular formula is C28H42N6O3S. The average molecular weight is 543 g/mol. The summed E-state index contributed by atoms with van der Waals surface area (Å²) in [6.07, 6.45) is 3.27. The Morgan fingerprint density at radius 3 is 2.26 bits per heavy atom. The minimum Gasteiger partial charge on any atom is -0.492 e. The minimum absolute atomic E-state index is 0.0384. The molecule has 0 saturated heterocycles. The second-order valence-electron chi connectivity index (χ2n) is 11.4. The summed E-state index contributed by atoms with van der Waals surface area (Å²) in [5.74, 6) is 6.02. The van der Waals surface area contributed by atoms with Crippen LogP contribution in [0.25, 0.3) is 0 Å². The van der Waals surface area contributed by atoms with E-state index in [4.69, 9.17) is 16.3 Å². The molecule has 0 radical (unpaired) electrons. The Balaban J connectivity index is 2.37. The molecule has 2 aromatic rings. The summed E-state index contributed by atoms with van der Waals surface area (Å²) in [7, 11) is 1.57. The van der Waals surface area contributed by atoms with Crippen molar-refractivity contribution in [3.05, 3.63) is 58.9 Å². The van der Waals surface area contributed by atoms with Gasteiger partial charge in [-0.05, 0) is 53.1 Å². The number of nitrogens with one attached hydrogen (secondary N) is 3. The third kappa shape index (κ3) is 8.32. The van der Waals surface area contributed by atoms with Crippen molar-refractivity contribution in [2.24, 2.45) is 17.0 Å². The summed E-state index contributed by atoms with van der Waals surface area (Å²) in [5, 5.41) is 7.03. The molecule has 208 valence electrons. The van der Waals surface area contributed by atoms with E-state index in [1.807, 2.05) is 46.1 Å². The number of ether oxygens (including phenoxy) is 1. The van der Waals surface area contributed by atoms with Gasteiger partial charge in [-0.2, -0.15) is 0 Å². The largest absolute Gasteiger partial charge is 0.492 e. The number of hydrogen-bond donors (Lipinski definition) is 5. The number of methoxy groups -OCH3 is 1. The van der Waals surface area contributed by atoms with Crippen molar-refractivity contribution in [2.75, 3.05) is 35.0 Å². The van der Waals surface area contributed by atoms with E-state index in [1.54, 1.807) is 25.3 Å². The highest BCUT2D eigenvalue weighted by atomic mass is 32.2. The van der Waals surface area contributed by atoms with Crippen molar-refractivity contribution in [1.29, 1.82) is 0 Å². The van der Waals surface area contributed by atoms with Crippen LogP contribution in [0.1, 0.15) is 63.0 Å². The first-order valence-electron chi connectivity index (χ1n) is 12.3. The van der Waals surface area contributed by atoms with Crippen LogP contribution >= 0.6 is 11.9 Å². The van der Waals surface area contributed by atoms with Gasteiger partial charge in [0.1, 0.15) is 5.70 Å².